The van der Waals surface area contributed by atoms with E-state index in [9.17, 15) is 0 Å². The predicted molar refractivity (Wildman–Crippen MR) is 104 cm³/mol. The molecule has 0 bridgehead atoms. The highest BCUT2D eigenvalue weighted by atomic mass is 32.2. The Morgan fingerprint density at radius 3 is 2.68 bits per heavy atom. The van der Waals surface area contributed by atoms with Crippen LogP contribution in [0, 0.1) is 13.8 Å². The van der Waals surface area contributed by atoms with Crippen LogP contribution in [0.5, 0.6) is 5.75 Å². The van der Waals surface area contributed by atoms with Crippen molar-refractivity contribution >= 4 is 22.8 Å². The first-order valence-corrected chi connectivity index (χ1v) is 9.44. The number of aryl methyl sites for hydroxylation is 2. The average Bonchev–Trinajstić information content (AvgIpc) is 2.97. The second-order valence-electron chi connectivity index (χ2n) is 5.97. The Balaban J connectivity index is 1.63. The van der Waals surface area contributed by atoms with Gasteiger partial charge in [-0.15, -0.1) is 0 Å². The molecule has 0 saturated carbocycles. The summed E-state index contributed by atoms with van der Waals surface area (Å²) in [5.41, 5.74) is 4.72. The fourth-order valence-electron chi connectivity index (χ4n) is 2.66. The third-order valence-corrected chi connectivity index (χ3v) is 5.14. The van der Waals surface area contributed by atoms with Gasteiger partial charge in [-0.3, -0.25) is 0 Å². The molecule has 0 unspecified atom stereocenters. The summed E-state index contributed by atoms with van der Waals surface area (Å²) in [5, 5.41) is 1.02. The standard InChI is InChI=1S/C20H24N2O2S/c1-15-8-9-17(14-16(15)2)24-12-13-25-20-21-18-6-4-5-7-19(18)22(20)10-11-23-3/h4-9,14H,10-13H2,1-3H3. The Kier molecular flexibility index (Phi) is 6.00. The average molecular weight is 356 g/mol. The van der Waals surface area contributed by atoms with Crippen molar-refractivity contribution in [2.24, 2.45) is 0 Å². The van der Waals surface area contributed by atoms with Gasteiger partial charge in [-0.25, -0.2) is 4.98 Å². The molecular formula is C20H24N2O2S. The van der Waals surface area contributed by atoms with Crippen LogP contribution in [0.1, 0.15) is 11.1 Å². The molecule has 0 spiro atoms. The molecule has 1 heterocycles. The van der Waals surface area contributed by atoms with Crippen LogP contribution in [0.4, 0.5) is 0 Å². The van der Waals surface area contributed by atoms with Gasteiger partial charge >= 0.3 is 0 Å². The molecule has 0 aliphatic heterocycles. The number of benzene rings is 2. The molecule has 0 amide bonds. The zero-order valence-electron chi connectivity index (χ0n) is 15.0. The Bertz CT molecular complexity index is 845. The number of para-hydroxylation sites is 2. The first-order valence-electron chi connectivity index (χ1n) is 8.46. The van der Waals surface area contributed by atoms with E-state index in [0.717, 1.165) is 34.2 Å². The fourth-order valence-corrected chi connectivity index (χ4v) is 3.52. The molecule has 132 valence electrons. The van der Waals surface area contributed by atoms with E-state index in [4.69, 9.17) is 14.5 Å². The lowest BCUT2D eigenvalue weighted by Crippen LogP contribution is -2.07. The normalized spacial score (nSPS) is 11.2. The molecule has 0 aliphatic rings. The van der Waals surface area contributed by atoms with Gasteiger partial charge in [0.2, 0.25) is 0 Å². The molecule has 0 radical (unpaired) electrons. The number of hydrogen-bond donors (Lipinski definition) is 0. The van der Waals surface area contributed by atoms with E-state index >= 15 is 0 Å². The van der Waals surface area contributed by atoms with Crippen molar-refractivity contribution in [1.29, 1.82) is 0 Å². The first-order chi connectivity index (χ1) is 12.2. The van der Waals surface area contributed by atoms with Crippen LogP contribution in [0.15, 0.2) is 47.6 Å². The monoisotopic (exact) mass is 356 g/mol. The smallest absolute Gasteiger partial charge is 0.169 e. The topological polar surface area (TPSA) is 36.3 Å². The lowest BCUT2D eigenvalue weighted by molar-refractivity contribution is 0.186. The van der Waals surface area contributed by atoms with Crippen molar-refractivity contribution in [3.63, 3.8) is 0 Å². The summed E-state index contributed by atoms with van der Waals surface area (Å²) in [5.74, 6) is 1.78. The number of methoxy groups -OCH3 is 1. The predicted octanol–water partition coefficient (Wildman–Crippen LogP) is 4.47. The quantitative estimate of drug-likeness (QED) is 0.441. The SMILES string of the molecule is COCCn1c(SCCOc2ccc(C)c(C)c2)nc2ccccc21. The van der Waals surface area contributed by atoms with Crippen molar-refractivity contribution in [2.45, 2.75) is 25.5 Å². The molecular weight excluding hydrogens is 332 g/mol. The summed E-state index contributed by atoms with van der Waals surface area (Å²) < 4.78 is 13.3. The molecule has 4 nitrogen and oxygen atoms in total. The summed E-state index contributed by atoms with van der Waals surface area (Å²) in [6.07, 6.45) is 0. The van der Waals surface area contributed by atoms with E-state index < -0.39 is 0 Å². The highest BCUT2D eigenvalue weighted by molar-refractivity contribution is 7.99. The van der Waals surface area contributed by atoms with Crippen molar-refractivity contribution < 1.29 is 9.47 Å². The van der Waals surface area contributed by atoms with E-state index in [1.807, 2.05) is 24.3 Å². The van der Waals surface area contributed by atoms with Gasteiger partial charge in [-0.05, 0) is 49.2 Å². The van der Waals surface area contributed by atoms with Gasteiger partial charge in [0.15, 0.2) is 5.16 Å². The zero-order chi connectivity index (χ0) is 17.6. The summed E-state index contributed by atoms with van der Waals surface area (Å²) in [6.45, 7) is 6.35. The van der Waals surface area contributed by atoms with Gasteiger partial charge in [0.25, 0.3) is 0 Å². The number of fused-ring (bicyclic) bond motifs is 1. The number of aromatic nitrogens is 2. The van der Waals surface area contributed by atoms with Gasteiger partial charge in [-0.2, -0.15) is 0 Å². The van der Waals surface area contributed by atoms with Crippen molar-refractivity contribution in [3.05, 3.63) is 53.6 Å². The van der Waals surface area contributed by atoms with Gasteiger partial charge in [0, 0.05) is 19.4 Å². The van der Waals surface area contributed by atoms with Crippen molar-refractivity contribution in [3.8, 4) is 5.75 Å². The Hall–Kier alpha value is -1.98. The van der Waals surface area contributed by atoms with E-state index in [2.05, 4.69) is 36.6 Å². The number of hydrogen-bond acceptors (Lipinski definition) is 4. The highest BCUT2D eigenvalue weighted by Gasteiger charge is 2.10. The van der Waals surface area contributed by atoms with E-state index in [1.165, 1.54) is 11.1 Å². The van der Waals surface area contributed by atoms with Gasteiger partial charge in [0.1, 0.15) is 5.75 Å². The van der Waals surface area contributed by atoms with Gasteiger partial charge < -0.3 is 14.0 Å². The van der Waals surface area contributed by atoms with Crippen LogP contribution in [-0.4, -0.2) is 35.6 Å². The van der Waals surface area contributed by atoms with E-state index in [-0.39, 0.29) is 0 Å². The molecule has 1 aromatic heterocycles. The summed E-state index contributed by atoms with van der Waals surface area (Å²) in [7, 11) is 1.73. The van der Waals surface area contributed by atoms with Crippen LogP contribution in [0.2, 0.25) is 0 Å². The number of imidazole rings is 1. The number of nitrogens with zero attached hydrogens (tertiary/aromatic N) is 2. The van der Waals surface area contributed by atoms with Crippen LogP contribution < -0.4 is 4.74 Å². The lowest BCUT2D eigenvalue weighted by Gasteiger charge is -2.10. The van der Waals surface area contributed by atoms with Crippen molar-refractivity contribution in [2.75, 3.05) is 26.1 Å². The highest BCUT2D eigenvalue weighted by Crippen LogP contribution is 2.24. The molecule has 25 heavy (non-hydrogen) atoms. The Labute approximate surface area is 153 Å². The number of rotatable bonds is 8. The molecule has 5 heteroatoms. The summed E-state index contributed by atoms with van der Waals surface area (Å²) in [4.78, 5) is 4.75. The largest absolute Gasteiger partial charge is 0.493 e. The minimum atomic E-state index is 0.653. The third kappa shape index (κ3) is 4.35. The maximum absolute atomic E-state index is 5.88. The number of ether oxygens (including phenoxy) is 2. The van der Waals surface area contributed by atoms with Crippen LogP contribution >= 0.6 is 11.8 Å². The van der Waals surface area contributed by atoms with Gasteiger partial charge in [-0.1, -0.05) is 30.0 Å². The molecule has 3 aromatic rings. The summed E-state index contributed by atoms with van der Waals surface area (Å²) >= 11 is 1.72. The van der Waals surface area contributed by atoms with E-state index in [1.54, 1.807) is 18.9 Å². The fraction of sp³-hybridized carbons (Fsp3) is 0.350. The third-order valence-electron chi connectivity index (χ3n) is 4.20. The molecule has 0 saturated heterocycles. The Morgan fingerprint density at radius 2 is 1.88 bits per heavy atom. The second kappa shape index (κ2) is 8.41. The summed E-state index contributed by atoms with van der Waals surface area (Å²) in [6, 6.07) is 14.4. The number of thioether (sulfide) groups is 1. The molecule has 3 rings (SSSR count). The zero-order valence-corrected chi connectivity index (χ0v) is 15.8. The maximum atomic E-state index is 5.88. The second-order valence-corrected chi connectivity index (χ2v) is 7.03. The molecule has 2 aromatic carbocycles. The minimum absolute atomic E-state index is 0.653. The molecule has 0 fully saturated rings. The van der Waals surface area contributed by atoms with E-state index in [0.29, 0.717) is 13.2 Å². The first kappa shape index (κ1) is 17.8. The van der Waals surface area contributed by atoms with Crippen LogP contribution in [-0.2, 0) is 11.3 Å². The lowest BCUT2D eigenvalue weighted by atomic mass is 10.1. The van der Waals surface area contributed by atoms with Crippen molar-refractivity contribution in [1.82, 2.24) is 9.55 Å². The Morgan fingerprint density at radius 1 is 1.04 bits per heavy atom. The van der Waals surface area contributed by atoms with Crippen LogP contribution in [0.3, 0.4) is 0 Å². The molecule has 0 atom stereocenters. The minimum Gasteiger partial charge on any atom is -0.493 e. The van der Waals surface area contributed by atoms with Crippen LogP contribution in [0.25, 0.3) is 11.0 Å². The molecule has 0 N–H and O–H groups in total. The molecule has 0 aliphatic carbocycles. The van der Waals surface area contributed by atoms with Gasteiger partial charge in [0.05, 0.1) is 24.2 Å². The maximum Gasteiger partial charge on any atom is 0.169 e.